The highest BCUT2D eigenvalue weighted by molar-refractivity contribution is 8.01. The lowest BCUT2D eigenvalue weighted by molar-refractivity contribution is -0.186. The quantitative estimate of drug-likeness (QED) is 0.464. The van der Waals surface area contributed by atoms with Gasteiger partial charge in [-0.1, -0.05) is 0 Å². The van der Waals surface area contributed by atoms with Crippen molar-refractivity contribution in [1.29, 1.82) is 0 Å². The first kappa shape index (κ1) is 17.1. The third-order valence-corrected chi connectivity index (χ3v) is 5.49. The zero-order valence-corrected chi connectivity index (χ0v) is 14.3. The van der Waals surface area contributed by atoms with Crippen molar-refractivity contribution in [2.45, 2.75) is 56.8 Å². The molecule has 8 heteroatoms. The maximum atomic E-state index is 12.4. The highest BCUT2D eigenvalue weighted by atomic mass is 32.2. The van der Waals surface area contributed by atoms with E-state index < -0.39 is 34.6 Å². The van der Waals surface area contributed by atoms with Crippen molar-refractivity contribution in [3.8, 4) is 0 Å². The van der Waals surface area contributed by atoms with E-state index in [1.54, 1.807) is 34.6 Å². The zero-order valence-electron chi connectivity index (χ0n) is 13.5. The molecule has 2 saturated heterocycles. The van der Waals surface area contributed by atoms with Gasteiger partial charge in [0.1, 0.15) is 0 Å². The summed E-state index contributed by atoms with van der Waals surface area (Å²) >= 11 is 1.47. The van der Waals surface area contributed by atoms with Gasteiger partial charge in [-0.25, -0.2) is 4.79 Å². The number of nitrogens with two attached hydrogens (primary N) is 1. The Morgan fingerprint density at radius 2 is 1.95 bits per heavy atom. The highest BCUT2D eigenvalue weighted by Gasteiger charge is 2.68. The number of β-lactam (4-membered cyclic amide) rings is 1. The van der Waals surface area contributed by atoms with Crippen LogP contribution in [0.1, 0.15) is 41.0 Å². The molecule has 2 aliphatic heterocycles. The Balaban J connectivity index is 2.02. The second-order valence-corrected chi connectivity index (χ2v) is 8.85. The van der Waals surface area contributed by atoms with Crippen molar-refractivity contribution in [2.24, 2.45) is 11.1 Å². The summed E-state index contributed by atoms with van der Waals surface area (Å²) in [7, 11) is 0. The Labute approximate surface area is 133 Å². The van der Waals surface area contributed by atoms with Gasteiger partial charge in [0.15, 0.2) is 0 Å². The normalized spacial score (nSPS) is 29.6. The maximum Gasteiger partial charge on any atom is 0.351 e. The van der Waals surface area contributed by atoms with E-state index in [2.05, 4.69) is 0 Å². The maximum absolute atomic E-state index is 12.4. The van der Waals surface area contributed by atoms with Crippen molar-refractivity contribution in [3.05, 3.63) is 0 Å². The lowest BCUT2D eigenvalue weighted by Gasteiger charge is -2.44. The first-order chi connectivity index (χ1) is 9.91. The summed E-state index contributed by atoms with van der Waals surface area (Å²) in [6.45, 7) is 8.17. The zero-order chi connectivity index (χ0) is 16.9. The highest BCUT2D eigenvalue weighted by Crippen LogP contribution is 2.54. The van der Waals surface area contributed by atoms with Gasteiger partial charge in [-0.15, -0.1) is 11.8 Å². The molecule has 124 valence electrons. The number of thioether (sulfide) groups is 1. The number of carbonyl (C=O) groups is 3. The van der Waals surface area contributed by atoms with E-state index in [4.69, 9.17) is 15.2 Å². The molecule has 0 radical (unpaired) electrons. The SMILES string of the molecule is CC(C)(C)C(=O)OCOC(=O)[C@]1(N)N2C(=O)C[C@H]2SC1(C)C. The second-order valence-electron chi connectivity index (χ2n) is 7.05. The van der Waals surface area contributed by atoms with E-state index in [-0.39, 0.29) is 11.3 Å². The first-order valence-electron chi connectivity index (χ1n) is 7.04. The lowest BCUT2D eigenvalue weighted by Crippen LogP contribution is -2.72. The van der Waals surface area contributed by atoms with E-state index in [0.717, 1.165) is 0 Å². The van der Waals surface area contributed by atoms with Gasteiger partial charge < -0.3 is 14.4 Å². The smallest absolute Gasteiger partial charge is 0.351 e. The van der Waals surface area contributed by atoms with E-state index in [9.17, 15) is 14.4 Å². The minimum Gasteiger partial charge on any atom is -0.427 e. The predicted molar refractivity (Wildman–Crippen MR) is 80.3 cm³/mol. The van der Waals surface area contributed by atoms with E-state index in [1.165, 1.54) is 16.7 Å². The molecule has 2 N–H and O–H groups in total. The topological polar surface area (TPSA) is 98.9 Å². The average Bonchev–Trinajstić information content (AvgIpc) is 2.51. The van der Waals surface area contributed by atoms with Gasteiger partial charge >= 0.3 is 11.9 Å². The van der Waals surface area contributed by atoms with Crippen LogP contribution in [0.5, 0.6) is 0 Å². The van der Waals surface area contributed by atoms with Crippen molar-refractivity contribution in [2.75, 3.05) is 6.79 Å². The predicted octanol–water partition coefficient (Wildman–Crippen LogP) is 0.815. The first-order valence-corrected chi connectivity index (χ1v) is 7.92. The summed E-state index contributed by atoms with van der Waals surface area (Å²) < 4.78 is 9.24. The van der Waals surface area contributed by atoms with Gasteiger partial charge in [0, 0.05) is 0 Å². The summed E-state index contributed by atoms with van der Waals surface area (Å²) in [4.78, 5) is 37.2. The fourth-order valence-corrected chi connectivity index (χ4v) is 4.09. The molecule has 0 aromatic carbocycles. The summed E-state index contributed by atoms with van der Waals surface area (Å²) in [6.07, 6.45) is 0.374. The molecule has 2 fully saturated rings. The fraction of sp³-hybridized carbons (Fsp3) is 0.786. The van der Waals surface area contributed by atoms with Crippen LogP contribution in [0.4, 0.5) is 0 Å². The number of esters is 2. The third kappa shape index (κ3) is 2.48. The van der Waals surface area contributed by atoms with Gasteiger partial charge in [-0.2, -0.15) is 0 Å². The van der Waals surface area contributed by atoms with Crippen LogP contribution in [0, 0.1) is 5.41 Å². The number of rotatable bonds is 3. The molecule has 2 rings (SSSR count). The Bertz CT molecular complexity index is 528. The van der Waals surface area contributed by atoms with Crippen LogP contribution in [0.3, 0.4) is 0 Å². The summed E-state index contributed by atoms with van der Waals surface area (Å²) in [6, 6.07) is 0. The molecule has 22 heavy (non-hydrogen) atoms. The molecule has 0 aliphatic carbocycles. The number of fused-ring (bicyclic) bond motifs is 1. The van der Waals surface area contributed by atoms with Gasteiger partial charge in [0.05, 0.1) is 22.0 Å². The van der Waals surface area contributed by atoms with Crippen LogP contribution in [0.2, 0.25) is 0 Å². The average molecular weight is 330 g/mol. The largest absolute Gasteiger partial charge is 0.427 e. The Hall–Kier alpha value is -1.28. The Morgan fingerprint density at radius 3 is 2.45 bits per heavy atom. The summed E-state index contributed by atoms with van der Waals surface area (Å²) in [5, 5.41) is -0.0998. The molecular weight excluding hydrogens is 308 g/mol. The standard InChI is InChI=1S/C14H22N2O5S/c1-12(2,3)10(18)20-7-21-11(19)14(15)13(4,5)22-9-6-8(17)16(9)14/h9H,6-7,15H2,1-5H3/t9-,14+/m1/s1. The van der Waals surface area contributed by atoms with Crippen LogP contribution in [0.25, 0.3) is 0 Å². The van der Waals surface area contributed by atoms with Crippen molar-refractivity contribution in [1.82, 2.24) is 4.90 Å². The minimum absolute atomic E-state index is 0.0998. The number of amides is 1. The third-order valence-electron chi connectivity index (χ3n) is 3.94. The van der Waals surface area contributed by atoms with Crippen LogP contribution >= 0.6 is 11.8 Å². The molecule has 2 aliphatic rings. The van der Waals surface area contributed by atoms with Crippen molar-refractivity contribution >= 4 is 29.6 Å². The van der Waals surface area contributed by atoms with Gasteiger partial charge in [-0.3, -0.25) is 15.3 Å². The molecule has 0 saturated carbocycles. The number of hydrogen-bond donors (Lipinski definition) is 1. The number of nitrogens with zero attached hydrogens (tertiary/aromatic N) is 1. The number of hydrogen-bond acceptors (Lipinski definition) is 7. The van der Waals surface area contributed by atoms with Gasteiger partial charge in [0.2, 0.25) is 18.4 Å². The molecule has 0 spiro atoms. The summed E-state index contributed by atoms with van der Waals surface area (Å²) in [5.41, 5.74) is 3.99. The Kier molecular flexibility index (Phi) is 3.98. The van der Waals surface area contributed by atoms with Gasteiger partial charge in [0.25, 0.3) is 0 Å². The Morgan fingerprint density at radius 1 is 1.36 bits per heavy atom. The molecule has 7 nitrogen and oxygen atoms in total. The molecule has 0 bridgehead atoms. The molecule has 1 amide bonds. The fourth-order valence-electron chi connectivity index (χ4n) is 2.43. The molecule has 0 unspecified atom stereocenters. The monoisotopic (exact) mass is 330 g/mol. The summed E-state index contributed by atoms with van der Waals surface area (Å²) in [5.74, 6) is -1.42. The molecule has 2 heterocycles. The van der Waals surface area contributed by atoms with E-state index >= 15 is 0 Å². The molecule has 2 atom stereocenters. The lowest BCUT2D eigenvalue weighted by atomic mass is 9.91. The van der Waals surface area contributed by atoms with Crippen LogP contribution in [-0.2, 0) is 23.9 Å². The van der Waals surface area contributed by atoms with Crippen LogP contribution in [-0.4, -0.2) is 45.3 Å². The number of ether oxygens (including phenoxy) is 2. The van der Waals surface area contributed by atoms with Crippen LogP contribution in [0.15, 0.2) is 0 Å². The van der Waals surface area contributed by atoms with E-state index in [1.807, 2.05) is 0 Å². The van der Waals surface area contributed by atoms with Gasteiger partial charge in [-0.05, 0) is 34.6 Å². The second kappa shape index (κ2) is 5.13. The number of carbonyl (C=O) groups excluding carboxylic acids is 3. The van der Waals surface area contributed by atoms with Crippen LogP contribution < -0.4 is 5.73 Å². The molecule has 0 aromatic heterocycles. The van der Waals surface area contributed by atoms with E-state index in [0.29, 0.717) is 6.42 Å². The van der Waals surface area contributed by atoms with Crippen molar-refractivity contribution in [3.63, 3.8) is 0 Å². The van der Waals surface area contributed by atoms with Crippen molar-refractivity contribution < 1.29 is 23.9 Å². The molecular formula is C14H22N2O5S. The molecule has 0 aromatic rings. The minimum atomic E-state index is -1.55.